The third-order valence-electron chi connectivity index (χ3n) is 8.90. The Balaban J connectivity index is 0.00000156. The first-order valence-corrected chi connectivity index (χ1v) is 13.1. The predicted molar refractivity (Wildman–Crippen MR) is 136 cm³/mol. The molecule has 0 aromatic heterocycles. The number of allylic oxidation sites excluding steroid dienone is 4. The Kier molecular flexibility index (Phi) is 13.3. The first kappa shape index (κ1) is 28.4. The van der Waals surface area contributed by atoms with E-state index in [1.54, 1.807) is 12.0 Å². The maximum Gasteiger partial charge on any atom is 0.0319 e. The van der Waals surface area contributed by atoms with Crippen LogP contribution in [-0.2, 0) is 0 Å². The van der Waals surface area contributed by atoms with E-state index in [0.29, 0.717) is 0 Å². The van der Waals surface area contributed by atoms with E-state index < -0.39 is 0 Å². The molecule has 0 heterocycles. The van der Waals surface area contributed by atoms with Crippen molar-refractivity contribution in [2.24, 2.45) is 41.4 Å². The van der Waals surface area contributed by atoms with Gasteiger partial charge >= 0.3 is 0 Å². The molecule has 0 amide bonds. The van der Waals surface area contributed by atoms with Gasteiger partial charge in [-0.1, -0.05) is 76.7 Å². The van der Waals surface area contributed by atoms with Gasteiger partial charge in [0.1, 0.15) is 0 Å². The number of hydrogen-bond donors (Lipinski definition) is 1. The van der Waals surface area contributed by atoms with E-state index in [-0.39, 0.29) is 5.48 Å². The number of hydrogen-bond acceptors (Lipinski definition) is 1. The Morgan fingerprint density at radius 2 is 1.61 bits per heavy atom. The van der Waals surface area contributed by atoms with Gasteiger partial charge in [-0.15, -0.1) is 0 Å². The van der Waals surface area contributed by atoms with Crippen LogP contribution < -0.4 is 0 Å². The molecule has 1 unspecified atom stereocenters. The van der Waals surface area contributed by atoms with Gasteiger partial charge in [-0.25, -0.2) is 0 Å². The van der Waals surface area contributed by atoms with E-state index >= 15 is 0 Å². The minimum absolute atomic E-state index is 0. The Labute approximate surface area is 194 Å². The van der Waals surface area contributed by atoms with Gasteiger partial charge in [0.15, 0.2) is 0 Å². The fourth-order valence-electron chi connectivity index (χ4n) is 6.94. The fourth-order valence-corrected chi connectivity index (χ4v) is 6.94. The highest BCUT2D eigenvalue weighted by Crippen LogP contribution is 2.46. The van der Waals surface area contributed by atoms with Crippen molar-refractivity contribution in [2.45, 2.75) is 105 Å². The molecule has 0 saturated heterocycles. The van der Waals surface area contributed by atoms with Crippen molar-refractivity contribution < 1.29 is 10.6 Å². The molecular weight excluding hydrogens is 380 g/mol. The summed E-state index contributed by atoms with van der Waals surface area (Å²) in [5.74, 6) is 6.74. The van der Waals surface area contributed by atoms with Crippen molar-refractivity contribution in [3.05, 3.63) is 29.7 Å². The maximum absolute atomic E-state index is 7.00. The van der Waals surface area contributed by atoms with Gasteiger partial charge in [-0.2, -0.15) is 0 Å². The molecule has 3 rings (SSSR count). The van der Waals surface area contributed by atoms with Gasteiger partial charge in [-0.3, -0.25) is 0 Å². The van der Waals surface area contributed by atoms with Crippen molar-refractivity contribution in [2.75, 3.05) is 7.11 Å². The van der Waals surface area contributed by atoms with Crippen LogP contribution in [0.25, 0.3) is 0 Å². The lowest BCUT2D eigenvalue weighted by Crippen LogP contribution is -2.31. The molecule has 2 saturated carbocycles. The number of aliphatic hydroxyl groups is 1. The highest BCUT2D eigenvalue weighted by Gasteiger charge is 2.35. The molecular formula is C29H53O2. The van der Waals surface area contributed by atoms with Crippen LogP contribution in [0.5, 0.6) is 0 Å². The van der Waals surface area contributed by atoms with Crippen molar-refractivity contribution in [1.29, 1.82) is 0 Å². The van der Waals surface area contributed by atoms with E-state index in [1.165, 1.54) is 69.8 Å². The molecule has 0 spiro atoms. The first-order valence-electron chi connectivity index (χ1n) is 13.1. The molecule has 0 aliphatic heterocycles. The van der Waals surface area contributed by atoms with E-state index in [9.17, 15) is 0 Å². The topological polar surface area (TPSA) is 51.7 Å². The van der Waals surface area contributed by atoms with Crippen LogP contribution in [0, 0.1) is 47.8 Å². The summed E-state index contributed by atoms with van der Waals surface area (Å²) in [5, 5.41) is 7.00. The van der Waals surface area contributed by atoms with Crippen LogP contribution in [0.2, 0.25) is 0 Å². The molecule has 181 valence electrons. The molecule has 2 nitrogen and oxygen atoms in total. The van der Waals surface area contributed by atoms with E-state index in [1.807, 2.05) is 0 Å². The summed E-state index contributed by atoms with van der Waals surface area (Å²) in [6.07, 6.45) is 23.3. The Morgan fingerprint density at radius 1 is 0.935 bits per heavy atom. The van der Waals surface area contributed by atoms with E-state index in [4.69, 9.17) is 5.11 Å². The van der Waals surface area contributed by atoms with Gasteiger partial charge in [0.2, 0.25) is 0 Å². The molecule has 3 N–H and O–H groups in total. The lowest BCUT2D eigenvalue weighted by atomic mass is 9.64. The minimum atomic E-state index is 0. The molecule has 1 radical (unpaired) electrons. The second-order valence-electron chi connectivity index (χ2n) is 11.0. The van der Waals surface area contributed by atoms with Gasteiger partial charge in [0, 0.05) is 13.5 Å². The number of aliphatic hydroxyl groups excluding tert-OH is 1. The maximum atomic E-state index is 7.00. The van der Waals surface area contributed by atoms with Gasteiger partial charge in [-0.05, 0) is 93.3 Å². The smallest absolute Gasteiger partial charge is 0.0319 e. The first-order chi connectivity index (χ1) is 14.5. The Morgan fingerprint density at radius 3 is 2.16 bits per heavy atom. The van der Waals surface area contributed by atoms with Crippen LogP contribution >= 0.6 is 0 Å². The second kappa shape index (κ2) is 14.5. The lowest BCUT2D eigenvalue weighted by Gasteiger charge is -2.41. The largest absolute Gasteiger partial charge is 0.412 e. The summed E-state index contributed by atoms with van der Waals surface area (Å²) >= 11 is 0. The lowest BCUT2D eigenvalue weighted by molar-refractivity contribution is 0.0930. The summed E-state index contributed by atoms with van der Waals surface area (Å²) in [6.45, 7) is 12.2. The molecule has 3 aliphatic rings. The molecule has 2 fully saturated rings. The quantitative estimate of drug-likeness (QED) is 0.421. The summed E-state index contributed by atoms with van der Waals surface area (Å²) in [6, 6.07) is 0. The molecule has 2 heteroatoms. The third kappa shape index (κ3) is 8.35. The Bertz CT molecular complexity index is 539. The molecule has 0 aromatic carbocycles. The summed E-state index contributed by atoms with van der Waals surface area (Å²) in [5.41, 5.74) is 2.98. The highest BCUT2D eigenvalue weighted by molar-refractivity contribution is 5.39. The third-order valence-corrected chi connectivity index (χ3v) is 8.90. The van der Waals surface area contributed by atoms with Gasteiger partial charge in [0.05, 0.1) is 0 Å². The average molecular weight is 434 g/mol. The zero-order chi connectivity index (χ0) is 22.1. The van der Waals surface area contributed by atoms with Crippen molar-refractivity contribution >= 4 is 0 Å². The van der Waals surface area contributed by atoms with Crippen molar-refractivity contribution in [1.82, 2.24) is 0 Å². The zero-order valence-corrected chi connectivity index (χ0v) is 21.5. The summed E-state index contributed by atoms with van der Waals surface area (Å²) < 4.78 is 0. The fraction of sp³-hybridized carbons (Fsp3) is 0.828. The van der Waals surface area contributed by atoms with Crippen LogP contribution in [-0.4, -0.2) is 17.7 Å². The van der Waals surface area contributed by atoms with Crippen LogP contribution in [0.1, 0.15) is 105 Å². The van der Waals surface area contributed by atoms with Gasteiger partial charge in [0.25, 0.3) is 0 Å². The second-order valence-corrected chi connectivity index (χ2v) is 11.0. The molecule has 31 heavy (non-hydrogen) atoms. The highest BCUT2D eigenvalue weighted by atomic mass is 16.2. The van der Waals surface area contributed by atoms with Gasteiger partial charge < -0.3 is 10.6 Å². The monoisotopic (exact) mass is 433 g/mol. The molecule has 0 bridgehead atoms. The van der Waals surface area contributed by atoms with E-state index in [2.05, 4.69) is 53.2 Å². The zero-order valence-electron chi connectivity index (χ0n) is 21.5. The molecule has 0 aromatic rings. The number of rotatable bonds is 8. The average Bonchev–Trinajstić information content (AvgIpc) is 3.20. The van der Waals surface area contributed by atoms with Crippen LogP contribution in [0.15, 0.2) is 23.3 Å². The van der Waals surface area contributed by atoms with E-state index in [0.717, 1.165) is 48.5 Å². The summed E-state index contributed by atoms with van der Waals surface area (Å²) in [4.78, 5) is 0. The summed E-state index contributed by atoms with van der Waals surface area (Å²) in [7, 11) is 1.00. The molecule has 4 atom stereocenters. The Hall–Kier alpha value is -0.600. The van der Waals surface area contributed by atoms with Crippen LogP contribution in [0.4, 0.5) is 0 Å². The SMILES string of the molecule is CCC1CCC[C@@H](C2CCC([C@H](C)[C@H](CCC3=CC=C(C)[CH]3)C(C)C)CC2)C1.CO.O. The predicted octanol–water partition coefficient (Wildman–Crippen LogP) is 7.57. The minimum Gasteiger partial charge on any atom is -0.412 e. The normalized spacial score (nSPS) is 30.5. The van der Waals surface area contributed by atoms with Crippen molar-refractivity contribution in [3.63, 3.8) is 0 Å². The molecule has 3 aliphatic carbocycles. The van der Waals surface area contributed by atoms with Crippen LogP contribution in [0.3, 0.4) is 0 Å². The van der Waals surface area contributed by atoms with Crippen molar-refractivity contribution in [3.8, 4) is 0 Å². The standard InChI is InChI=1S/C28H47.CH4O.H2O/c1-6-23-8-7-9-27(19-23)26-15-13-25(14-16-26)22(5)28(20(2)3)17-12-24-11-10-21(4)18-24;1-2;/h10-11,18,20,22-23,25-28H,6-9,12-17,19H2,1-5H3;2H,1H3;1H2/t22-,23?,25?,26?,27+,28+;;/m0../s1.